The van der Waals surface area contributed by atoms with E-state index in [1.807, 2.05) is 36.4 Å². The van der Waals surface area contributed by atoms with Crippen molar-refractivity contribution in [1.82, 2.24) is 9.66 Å². The molecular formula is C31H24ClN3O6. The Kier molecular flexibility index (Phi) is 7.98. The number of esters is 1. The second-order valence-electron chi connectivity index (χ2n) is 8.67. The van der Waals surface area contributed by atoms with E-state index in [0.29, 0.717) is 50.1 Å². The number of aromatic nitrogens is 2. The summed E-state index contributed by atoms with van der Waals surface area (Å²) >= 11 is 6.27. The SMILES string of the molecule is COc1cc(C(=O)Oc2ccc(Cl)cc2C=Nn2c(-c3ccccc3)nc3ccccc3c2=O)cc(OC)c1OC. The zero-order valence-electron chi connectivity index (χ0n) is 22.3. The maximum atomic E-state index is 13.5. The van der Waals surface area contributed by atoms with Crippen LogP contribution in [0.1, 0.15) is 15.9 Å². The van der Waals surface area contributed by atoms with Gasteiger partial charge >= 0.3 is 5.97 Å². The van der Waals surface area contributed by atoms with E-state index in [9.17, 15) is 9.59 Å². The Morgan fingerprint density at radius 1 is 0.854 bits per heavy atom. The van der Waals surface area contributed by atoms with Crippen molar-refractivity contribution in [2.75, 3.05) is 21.3 Å². The average molecular weight is 570 g/mol. The van der Waals surface area contributed by atoms with E-state index in [-0.39, 0.29) is 16.9 Å². The summed E-state index contributed by atoms with van der Waals surface area (Å²) in [6.07, 6.45) is 1.40. The molecule has 0 amide bonds. The highest BCUT2D eigenvalue weighted by molar-refractivity contribution is 6.31. The number of para-hydroxylation sites is 1. The average Bonchev–Trinajstić information content (AvgIpc) is 3.01. The molecule has 9 nitrogen and oxygen atoms in total. The van der Waals surface area contributed by atoms with Crippen LogP contribution in [0.25, 0.3) is 22.3 Å². The minimum Gasteiger partial charge on any atom is -0.493 e. The molecule has 0 saturated heterocycles. The quantitative estimate of drug-likeness (QED) is 0.131. The number of nitrogens with zero attached hydrogens (tertiary/aromatic N) is 3. The molecule has 0 fully saturated rings. The summed E-state index contributed by atoms with van der Waals surface area (Å²) in [5.41, 5.74) is 1.41. The number of halogens is 1. The van der Waals surface area contributed by atoms with E-state index in [1.54, 1.807) is 36.4 Å². The van der Waals surface area contributed by atoms with Crippen LogP contribution in [0.2, 0.25) is 5.02 Å². The molecule has 0 aliphatic heterocycles. The smallest absolute Gasteiger partial charge is 0.343 e. The highest BCUT2D eigenvalue weighted by atomic mass is 35.5. The number of carbonyl (C=O) groups excluding carboxylic acids is 1. The van der Waals surface area contributed by atoms with Crippen LogP contribution >= 0.6 is 11.6 Å². The van der Waals surface area contributed by atoms with Crippen molar-refractivity contribution in [1.29, 1.82) is 0 Å². The van der Waals surface area contributed by atoms with Crippen LogP contribution in [0.15, 0.2) is 94.8 Å². The predicted octanol–water partition coefficient (Wildman–Crippen LogP) is 5.84. The number of benzene rings is 4. The van der Waals surface area contributed by atoms with Gasteiger partial charge in [0.05, 0.1) is 44.0 Å². The minimum absolute atomic E-state index is 0.165. The summed E-state index contributed by atoms with van der Waals surface area (Å²) in [6, 6.07) is 24.0. The molecule has 41 heavy (non-hydrogen) atoms. The van der Waals surface area contributed by atoms with E-state index in [1.165, 1.54) is 44.4 Å². The molecule has 0 atom stereocenters. The van der Waals surface area contributed by atoms with Crippen molar-refractivity contribution in [3.63, 3.8) is 0 Å². The fourth-order valence-electron chi connectivity index (χ4n) is 4.20. The number of ether oxygens (including phenoxy) is 4. The van der Waals surface area contributed by atoms with Crippen LogP contribution in [-0.4, -0.2) is 43.2 Å². The molecule has 1 aromatic heterocycles. The number of methoxy groups -OCH3 is 3. The van der Waals surface area contributed by atoms with Crippen LogP contribution in [0, 0.1) is 0 Å². The maximum absolute atomic E-state index is 13.5. The van der Waals surface area contributed by atoms with Crippen molar-refractivity contribution in [3.05, 3.63) is 111 Å². The third-order valence-corrected chi connectivity index (χ3v) is 6.41. The zero-order valence-corrected chi connectivity index (χ0v) is 23.1. The van der Waals surface area contributed by atoms with Crippen LogP contribution in [-0.2, 0) is 0 Å². The first-order chi connectivity index (χ1) is 19.9. The van der Waals surface area contributed by atoms with Crippen molar-refractivity contribution < 1.29 is 23.7 Å². The molecule has 0 saturated carbocycles. The molecule has 0 spiro atoms. The van der Waals surface area contributed by atoms with E-state index in [4.69, 9.17) is 35.5 Å². The molecule has 0 N–H and O–H groups in total. The first-order valence-electron chi connectivity index (χ1n) is 12.4. The maximum Gasteiger partial charge on any atom is 0.343 e. The number of fused-ring (bicyclic) bond motifs is 1. The zero-order chi connectivity index (χ0) is 28.9. The standard InChI is InChI=1S/C31H24ClN3O6/c1-38-26-16-20(17-27(39-2)28(26)40-3)31(37)41-25-14-13-22(32)15-21(25)18-33-35-29(19-9-5-4-6-10-19)34-24-12-8-7-11-23(24)30(35)36/h4-18H,1-3H3. The van der Waals surface area contributed by atoms with Crippen LogP contribution in [0.4, 0.5) is 0 Å². The Balaban J connectivity index is 1.56. The Bertz CT molecular complexity index is 1810. The van der Waals surface area contributed by atoms with Gasteiger partial charge in [-0.05, 0) is 42.5 Å². The van der Waals surface area contributed by atoms with Crippen molar-refractivity contribution in [2.45, 2.75) is 0 Å². The van der Waals surface area contributed by atoms with Gasteiger partial charge < -0.3 is 18.9 Å². The summed E-state index contributed by atoms with van der Waals surface area (Å²) in [5.74, 6) is 0.774. The lowest BCUT2D eigenvalue weighted by atomic mass is 10.1. The molecule has 0 radical (unpaired) electrons. The summed E-state index contributed by atoms with van der Waals surface area (Å²) in [7, 11) is 4.37. The lowest BCUT2D eigenvalue weighted by Gasteiger charge is -2.14. The Morgan fingerprint density at radius 3 is 2.22 bits per heavy atom. The number of hydrogen-bond donors (Lipinski definition) is 0. The molecular weight excluding hydrogens is 546 g/mol. The van der Waals surface area contributed by atoms with Gasteiger partial charge in [0.1, 0.15) is 5.75 Å². The first kappa shape index (κ1) is 27.4. The lowest BCUT2D eigenvalue weighted by molar-refractivity contribution is 0.0733. The van der Waals surface area contributed by atoms with E-state index < -0.39 is 5.97 Å². The second-order valence-corrected chi connectivity index (χ2v) is 9.10. The normalized spacial score (nSPS) is 11.0. The Morgan fingerprint density at radius 2 is 1.54 bits per heavy atom. The monoisotopic (exact) mass is 569 g/mol. The summed E-state index contributed by atoms with van der Waals surface area (Å²) < 4.78 is 23.0. The van der Waals surface area contributed by atoms with Gasteiger partial charge in [0.25, 0.3) is 5.56 Å². The largest absolute Gasteiger partial charge is 0.493 e. The van der Waals surface area contributed by atoms with Crippen LogP contribution < -0.4 is 24.5 Å². The highest BCUT2D eigenvalue weighted by Gasteiger charge is 2.20. The lowest BCUT2D eigenvalue weighted by Crippen LogP contribution is -2.20. The molecule has 0 aliphatic carbocycles. The fraction of sp³-hybridized carbons (Fsp3) is 0.0968. The molecule has 5 aromatic rings. The molecule has 4 aromatic carbocycles. The van der Waals surface area contributed by atoms with Gasteiger partial charge in [-0.2, -0.15) is 9.78 Å². The van der Waals surface area contributed by atoms with Gasteiger partial charge in [0.15, 0.2) is 17.3 Å². The van der Waals surface area contributed by atoms with Gasteiger partial charge in [-0.3, -0.25) is 4.79 Å². The minimum atomic E-state index is -0.685. The molecule has 5 rings (SSSR count). The number of rotatable bonds is 8. The number of hydrogen-bond acceptors (Lipinski definition) is 8. The molecule has 1 heterocycles. The van der Waals surface area contributed by atoms with Crippen LogP contribution in [0.5, 0.6) is 23.0 Å². The third kappa shape index (κ3) is 5.61. The Labute approximate surface area is 240 Å². The Hall–Kier alpha value is -5.15. The van der Waals surface area contributed by atoms with Crippen molar-refractivity contribution in [3.8, 4) is 34.4 Å². The van der Waals surface area contributed by atoms with Gasteiger partial charge in [0, 0.05) is 16.1 Å². The molecule has 206 valence electrons. The fourth-order valence-corrected chi connectivity index (χ4v) is 4.38. The predicted molar refractivity (Wildman–Crippen MR) is 157 cm³/mol. The molecule has 0 aliphatic rings. The first-order valence-corrected chi connectivity index (χ1v) is 12.7. The number of carbonyl (C=O) groups is 1. The van der Waals surface area contributed by atoms with E-state index >= 15 is 0 Å². The second kappa shape index (κ2) is 11.9. The van der Waals surface area contributed by atoms with E-state index in [0.717, 1.165) is 0 Å². The summed E-state index contributed by atoms with van der Waals surface area (Å²) in [4.78, 5) is 31.4. The molecule has 0 bridgehead atoms. The van der Waals surface area contributed by atoms with Gasteiger partial charge in [-0.15, -0.1) is 0 Å². The van der Waals surface area contributed by atoms with E-state index in [2.05, 4.69) is 5.10 Å². The van der Waals surface area contributed by atoms with Crippen LogP contribution in [0.3, 0.4) is 0 Å². The summed E-state index contributed by atoms with van der Waals surface area (Å²) in [6.45, 7) is 0. The van der Waals surface area contributed by atoms with Gasteiger partial charge in [0.2, 0.25) is 5.75 Å². The topological polar surface area (TPSA) is 101 Å². The molecule has 10 heteroatoms. The molecule has 0 unspecified atom stereocenters. The third-order valence-electron chi connectivity index (χ3n) is 6.17. The van der Waals surface area contributed by atoms with Crippen molar-refractivity contribution in [2.24, 2.45) is 5.10 Å². The van der Waals surface area contributed by atoms with Gasteiger partial charge in [-0.25, -0.2) is 9.78 Å². The summed E-state index contributed by atoms with van der Waals surface area (Å²) in [5, 5.41) is 5.26. The highest BCUT2D eigenvalue weighted by Crippen LogP contribution is 2.38. The van der Waals surface area contributed by atoms with Gasteiger partial charge in [-0.1, -0.05) is 54.1 Å². The van der Waals surface area contributed by atoms with Crippen molar-refractivity contribution >= 4 is 34.7 Å².